The van der Waals surface area contributed by atoms with E-state index in [2.05, 4.69) is 15.5 Å². The van der Waals surface area contributed by atoms with Crippen LogP contribution in [0.5, 0.6) is 0 Å². The van der Waals surface area contributed by atoms with E-state index in [1.165, 1.54) is 0 Å². The predicted molar refractivity (Wildman–Crippen MR) is 86.6 cm³/mol. The summed E-state index contributed by atoms with van der Waals surface area (Å²) >= 11 is 5.90. The Morgan fingerprint density at radius 3 is 2.33 bits per heavy atom. The number of aromatic nitrogens is 2. The summed E-state index contributed by atoms with van der Waals surface area (Å²) in [6.07, 6.45) is 0. The lowest BCUT2D eigenvalue weighted by Crippen LogP contribution is -2.01. The van der Waals surface area contributed by atoms with Gasteiger partial charge in [0.05, 0.1) is 5.69 Å². The molecular weight excluding hydrogens is 284 g/mol. The van der Waals surface area contributed by atoms with Crippen LogP contribution in [0.3, 0.4) is 0 Å². The Morgan fingerprint density at radius 1 is 0.905 bits per heavy atom. The molecule has 0 atom stereocenters. The number of anilines is 3. The zero-order chi connectivity index (χ0) is 14.7. The molecular formula is C16H13ClN4. The van der Waals surface area contributed by atoms with Gasteiger partial charge in [0.2, 0.25) is 0 Å². The lowest BCUT2D eigenvalue weighted by molar-refractivity contribution is 1.05. The maximum atomic E-state index is 5.90. The van der Waals surface area contributed by atoms with Crippen molar-refractivity contribution in [3.05, 3.63) is 65.7 Å². The van der Waals surface area contributed by atoms with Crippen molar-refractivity contribution < 1.29 is 0 Å². The normalized spacial score (nSPS) is 10.3. The Balaban J connectivity index is 2.01. The summed E-state index contributed by atoms with van der Waals surface area (Å²) in [4.78, 5) is 0. The summed E-state index contributed by atoms with van der Waals surface area (Å²) in [6.45, 7) is 0. The van der Waals surface area contributed by atoms with Crippen LogP contribution < -0.4 is 11.1 Å². The molecule has 1 aromatic heterocycles. The molecule has 0 aliphatic rings. The van der Waals surface area contributed by atoms with Gasteiger partial charge in [-0.3, -0.25) is 0 Å². The van der Waals surface area contributed by atoms with E-state index < -0.39 is 0 Å². The summed E-state index contributed by atoms with van der Waals surface area (Å²) in [5.74, 6) is 0.367. The van der Waals surface area contributed by atoms with Crippen LogP contribution >= 0.6 is 11.6 Å². The fourth-order valence-corrected chi connectivity index (χ4v) is 2.13. The fraction of sp³-hybridized carbons (Fsp3) is 0. The van der Waals surface area contributed by atoms with Crippen molar-refractivity contribution in [3.63, 3.8) is 0 Å². The third kappa shape index (κ3) is 3.12. The highest BCUT2D eigenvalue weighted by atomic mass is 35.5. The van der Waals surface area contributed by atoms with Crippen molar-refractivity contribution in [2.45, 2.75) is 0 Å². The fourth-order valence-electron chi connectivity index (χ4n) is 2.00. The Hall–Kier alpha value is -2.59. The Labute approximate surface area is 127 Å². The maximum Gasteiger partial charge on any atom is 0.148 e. The predicted octanol–water partition coefficient (Wildman–Crippen LogP) is 4.12. The van der Waals surface area contributed by atoms with Gasteiger partial charge in [0.1, 0.15) is 11.5 Å². The Bertz CT molecular complexity index is 742. The van der Waals surface area contributed by atoms with Crippen LogP contribution in [0.2, 0.25) is 5.02 Å². The average molecular weight is 297 g/mol. The molecule has 3 rings (SSSR count). The van der Waals surface area contributed by atoms with Crippen molar-refractivity contribution in [2.75, 3.05) is 11.1 Å². The first-order chi connectivity index (χ1) is 10.2. The number of benzene rings is 2. The SMILES string of the molecule is Nc1cc(Nc2ccc(Cl)cc2)c(-c2ccccc2)nn1. The molecule has 4 nitrogen and oxygen atoms in total. The summed E-state index contributed by atoms with van der Waals surface area (Å²) in [5, 5.41) is 12.1. The Morgan fingerprint density at radius 2 is 1.62 bits per heavy atom. The first kappa shape index (κ1) is 13.4. The minimum atomic E-state index is 0.367. The van der Waals surface area contributed by atoms with Gasteiger partial charge >= 0.3 is 0 Å². The summed E-state index contributed by atoms with van der Waals surface area (Å²) in [5.41, 5.74) is 9.18. The number of nitrogens with zero attached hydrogens (tertiary/aromatic N) is 2. The number of rotatable bonds is 3. The van der Waals surface area contributed by atoms with Crippen molar-refractivity contribution in [1.82, 2.24) is 10.2 Å². The van der Waals surface area contributed by atoms with E-state index in [0.29, 0.717) is 10.8 Å². The molecule has 0 spiro atoms. The molecule has 3 N–H and O–H groups in total. The lowest BCUT2D eigenvalue weighted by atomic mass is 10.1. The van der Waals surface area contributed by atoms with E-state index in [0.717, 1.165) is 22.6 Å². The zero-order valence-corrected chi connectivity index (χ0v) is 11.9. The standard InChI is InChI=1S/C16H13ClN4/c17-12-6-8-13(9-7-12)19-14-10-15(18)20-21-16(14)11-4-2-1-3-5-11/h1-10H,(H3,18,19,20). The minimum Gasteiger partial charge on any atom is -0.382 e. The molecule has 0 saturated carbocycles. The first-order valence-corrected chi connectivity index (χ1v) is 6.81. The summed E-state index contributed by atoms with van der Waals surface area (Å²) in [6, 6.07) is 19.0. The second-order valence-electron chi connectivity index (χ2n) is 4.53. The molecule has 21 heavy (non-hydrogen) atoms. The van der Waals surface area contributed by atoms with Crippen LogP contribution in [0.1, 0.15) is 0 Å². The van der Waals surface area contributed by atoms with Crippen LogP contribution in [0.25, 0.3) is 11.3 Å². The zero-order valence-electron chi connectivity index (χ0n) is 11.1. The van der Waals surface area contributed by atoms with E-state index in [1.807, 2.05) is 54.6 Å². The second kappa shape index (κ2) is 5.81. The van der Waals surface area contributed by atoms with Gasteiger partial charge in [-0.1, -0.05) is 41.9 Å². The van der Waals surface area contributed by atoms with Gasteiger partial charge in [0.25, 0.3) is 0 Å². The second-order valence-corrected chi connectivity index (χ2v) is 4.97. The molecule has 0 aliphatic heterocycles. The maximum absolute atomic E-state index is 5.90. The average Bonchev–Trinajstić information content (AvgIpc) is 2.51. The monoisotopic (exact) mass is 296 g/mol. The quantitative estimate of drug-likeness (QED) is 0.763. The highest BCUT2D eigenvalue weighted by Gasteiger charge is 2.09. The van der Waals surface area contributed by atoms with Gasteiger partial charge < -0.3 is 11.1 Å². The van der Waals surface area contributed by atoms with Crippen LogP contribution in [-0.2, 0) is 0 Å². The molecule has 0 bridgehead atoms. The minimum absolute atomic E-state index is 0.367. The number of nitrogen functional groups attached to an aromatic ring is 1. The molecule has 0 amide bonds. The molecule has 0 aliphatic carbocycles. The summed E-state index contributed by atoms with van der Waals surface area (Å²) in [7, 11) is 0. The number of hydrogen-bond donors (Lipinski definition) is 2. The molecule has 3 aromatic rings. The first-order valence-electron chi connectivity index (χ1n) is 6.43. The van der Waals surface area contributed by atoms with Crippen molar-refractivity contribution >= 4 is 28.8 Å². The smallest absolute Gasteiger partial charge is 0.148 e. The highest BCUT2D eigenvalue weighted by Crippen LogP contribution is 2.29. The molecule has 5 heteroatoms. The van der Waals surface area contributed by atoms with Gasteiger partial charge in [-0.25, -0.2) is 0 Å². The number of nitrogens with one attached hydrogen (secondary N) is 1. The van der Waals surface area contributed by atoms with E-state index in [-0.39, 0.29) is 0 Å². The van der Waals surface area contributed by atoms with Gasteiger partial charge in [-0.15, -0.1) is 10.2 Å². The lowest BCUT2D eigenvalue weighted by Gasteiger charge is -2.11. The third-order valence-corrected chi connectivity index (χ3v) is 3.24. The van der Waals surface area contributed by atoms with Gasteiger partial charge in [0, 0.05) is 22.3 Å². The highest BCUT2D eigenvalue weighted by molar-refractivity contribution is 6.30. The largest absolute Gasteiger partial charge is 0.382 e. The third-order valence-electron chi connectivity index (χ3n) is 2.98. The van der Waals surface area contributed by atoms with Crippen LogP contribution in [-0.4, -0.2) is 10.2 Å². The van der Waals surface area contributed by atoms with Crippen molar-refractivity contribution in [1.29, 1.82) is 0 Å². The van der Waals surface area contributed by atoms with E-state index in [4.69, 9.17) is 17.3 Å². The number of nitrogens with two attached hydrogens (primary N) is 1. The van der Waals surface area contributed by atoms with Crippen LogP contribution in [0, 0.1) is 0 Å². The van der Waals surface area contributed by atoms with Crippen molar-refractivity contribution in [3.8, 4) is 11.3 Å². The van der Waals surface area contributed by atoms with Crippen molar-refractivity contribution in [2.24, 2.45) is 0 Å². The molecule has 0 unspecified atom stereocenters. The van der Waals surface area contributed by atoms with Crippen LogP contribution in [0.15, 0.2) is 60.7 Å². The number of hydrogen-bond acceptors (Lipinski definition) is 4. The molecule has 0 saturated heterocycles. The van der Waals surface area contributed by atoms with E-state index in [1.54, 1.807) is 6.07 Å². The molecule has 0 fully saturated rings. The van der Waals surface area contributed by atoms with Gasteiger partial charge in [-0.05, 0) is 24.3 Å². The molecule has 0 radical (unpaired) electrons. The molecule has 2 aromatic carbocycles. The van der Waals surface area contributed by atoms with E-state index in [9.17, 15) is 0 Å². The Kier molecular flexibility index (Phi) is 3.71. The topological polar surface area (TPSA) is 63.8 Å². The summed E-state index contributed by atoms with van der Waals surface area (Å²) < 4.78 is 0. The van der Waals surface area contributed by atoms with Gasteiger partial charge in [-0.2, -0.15) is 0 Å². The molecule has 1 heterocycles. The van der Waals surface area contributed by atoms with Gasteiger partial charge in [0.15, 0.2) is 0 Å². The van der Waals surface area contributed by atoms with Crippen LogP contribution in [0.4, 0.5) is 17.2 Å². The number of halogens is 1. The molecule has 104 valence electrons. The van der Waals surface area contributed by atoms with E-state index >= 15 is 0 Å².